The van der Waals surface area contributed by atoms with Crippen LogP contribution < -0.4 is 31.8 Å². The molecule has 0 unspecified atom stereocenters. The molecule has 0 saturated carbocycles. The summed E-state index contributed by atoms with van der Waals surface area (Å²) in [6.45, 7) is 0. The molecule has 0 heterocycles. The van der Waals surface area contributed by atoms with Gasteiger partial charge in [0.2, 0.25) is 0 Å². The number of hydrogen-bond donors (Lipinski definition) is 0. The van der Waals surface area contributed by atoms with Crippen molar-refractivity contribution in [3.05, 3.63) is 190 Å². The largest absolute Gasteiger partial charge is 0.0836 e. The number of rotatable bonds is 7. The van der Waals surface area contributed by atoms with Crippen LogP contribution in [-0.2, 0) is 0 Å². The summed E-state index contributed by atoms with van der Waals surface area (Å²) in [7, 11) is -2.44. The van der Waals surface area contributed by atoms with Gasteiger partial charge in [-0.15, -0.1) is 0 Å². The molecule has 6 heteroatoms. The van der Waals surface area contributed by atoms with Crippen molar-refractivity contribution in [2.75, 3.05) is 0 Å². The highest BCUT2D eigenvalue weighted by Gasteiger charge is 2.30. The van der Waals surface area contributed by atoms with E-state index in [0.29, 0.717) is 20.1 Å². The van der Waals surface area contributed by atoms with Crippen LogP contribution in [0.2, 0.25) is 20.1 Å². The van der Waals surface area contributed by atoms with Crippen LogP contribution in [0, 0.1) is 0 Å². The van der Waals surface area contributed by atoms with E-state index < -0.39 is 15.8 Å². The van der Waals surface area contributed by atoms with Crippen molar-refractivity contribution in [2.24, 2.45) is 0 Å². The molecule has 242 valence electrons. The van der Waals surface area contributed by atoms with Crippen molar-refractivity contribution in [2.45, 2.75) is 0 Å². The number of hydrogen-bond acceptors (Lipinski definition) is 0. The molecule has 0 atom stereocenters. The van der Waals surface area contributed by atoms with Crippen LogP contribution in [0.15, 0.2) is 170 Å². The van der Waals surface area contributed by atoms with Crippen molar-refractivity contribution in [1.82, 2.24) is 0 Å². The summed E-state index contributed by atoms with van der Waals surface area (Å²) < 4.78 is 0. The molecule has 8 rings (SSSR count). The van der Waals surface area contributed by atoms with Gasteiger partial charge in [-0.05, 0) is 83.4 Å². The summed E-state index contributed by atoms with van der Waals surface area (Å²) in [6, 6.07) is 58.9. The maximum absolute atomic E-state index is 7.11. The third kappa shape index (κ3) is 6.14. The van der Waals surface area contributed by atoms with Gasteiger partial charge in [-0.3, -0.25) is 0 Å². The molecular formula is C44H28Cl4P2. The second-order valence-electron chi connectivity index (χ2n) is 11.8. The standard InChI is InChI=1S/C44H28Cl4P2/c45-33-17-5-9-21-37(33)49(38-22-10-6-18-34(38)46)41-27-25-29-13-1-3-15-31(29)43(41)44-32-16-4-2-14-30(32)26-28-42(44)50(39-23-11-7-19-35(39)47)40-24-12-8-20-36(40)48/h1-28H. The van der Waals surface area contributed by atoms with Crippen molar-refractivity contribution in [3.63, 3.8) is 0 Å². The van der Waals surface area contributed by atoms with E-state index >= 15 is 0 Å². The number of benzene rings is 8. The molecule has 0 N–H and O–H groups in total. The molecule has 0 aliphatic rings. The molecule has 8 aromatic rings. The SMILES string of the molecule is Clc1ccccc1P(c1ccccc1Cl)c1ccc2ccccc2c1-c1c(P(c2ccccc2Cl)c2ccccc2Cl)ccc2ccccc12. The van der Waals surface area contributed by atoms with E-state index in [1.165, 1.54) is 10.6 Å². The van der Waals surface area contributed by atoms with Gasteiger partial charge in [0.15, 0.2) is 0 Å². The summed E-state index contributed by atoms with van der Waals surface area (Å²) in [5.74, 6) is 0. The first-order chi connectivity index (χ1) is 24.5. The Balaban J connectivity index is 1.56. The lowest BCUT2D eigenvalue weighted by Crippen LogP contribution is -2.27. The topological polar surface area (TPSA) is 0 Å². The van der Waals surface area contributed by atoms with Gasteiger partial charge in [-0.2, -0.15) is 0 Å². The molecule has 0 aliphatic heterocycles. The maximum Gasteiger partial charge on any atom is 0.0489 e. The first kappa shape index (κ1) is 33.4. The minimum Gasteiger partial charge on any atom is -0.0836 e. The lowest BCUT2D eigenvalue weighted by molar-refractivity contribution is 1.72. The predicted molar refractivity (Wildman–Crippen MR) is 224 cm³/mol. The lowest BCUT2D eigenvalue weighted by atomic mass is 9.93. The Kier molecular flexibility index (Phi) is 9.70. The van der Waals surface area contributed by atoms with E-state index in [0.717, 1.165) is 53.9 Å². The summed E-state index contributed by atoms with van der Waals surface area (Å²) in [6.07, 6.45) is 0. The average Bonchev–Trinajstić information content (AvgIpc) is 3.14. The fourth-order valence-corrected chi connectivity index (χ4v) is 13.3. The zero-order valence-electron chi connectivity index (χ0n) is 26.6. The molecule has 0 aromatic heterocycles. The van der Waals surface area contributed by atoms with Crippen LogP contribution in [0.25, 0.3) is 32.7 Å². The molecule has 50 heavy (non-hydrogen) atoms. The monoisotopic (exact) mass is 758 g/mol. The second-order valence-corrected chi connectivity index (χ2v) is 17.7. The zero-order valence-corrected chi connectivity index (χ0v) is 31.4. The first-order valence-electron chi connectivity index (χ1n) is 16.1. The van der Waals surface area contributed by atoms with Gasteiger partial charge in [0.25, 0.3) is 0 Å². The summed E-state index contributed by atoms with van der Waals surface area (Å²) in [4.78, 5) is 0. The van der Waals surface area contributed by atoms with Crippen LogP contribution in [-0.4, -0.2) is 0 Å². The summed E-state index contributed by atoms with van der Waals surface area (Å²) in [5.41, 5.74) is 2.32. The zero-order chi connectivity index (χ0) is 34.2. The number of fused-ring (bicyclic) bond motifs is 2. The van der Waals surface area contributed by atoms with Crippen LogP contribution >= 0.6 is 62.2 Å². The average molecular weight is 760 g/mol. The molecule has 0 amide bonds. The van der Waals surface area contributed by atoms with Crippen molar-refractivity contribution >= 4 is 116 Å². The molecule has 0 spiro atoms. The molecule has 0 radical (unpaired) electrons. The minimum atomic E-state index is -1.22. The number of halogens is 4. The molecule has 8 aromatic carbocycles. The van der Waals surface area contributed by atoms with Crippen LogP contribution in [0.3, 0.4) is 0 Å². The van der Waals surface area contributed by atoms with Gasteiger partial charge in [0.05, 0.1) is 0 Å². The van der Waals surface area contributed by atoms with Gasteiger partial charge in [0, 0.05) is 41.3 Å². The van der Waals surface area contributed by atoms with Gasteiger partial charge in [-0.1, -0.05) is 192 Å². The fourth-order valence-electron chi connectivity index (χ4n) is 6.73. The van der Waals surface area contributed by atoms with E-state index in [1.54, 1.807) is 0 Å². The quantitative estimate of drug-likeness (QED) is 0.142. The van der Waals surface area contributed by atoms with E-state index in [-0.39, 0.29) is 0 Å². The predicted octanol–water partition coefficient (Wildman–Crippen LogP) is 11.8. The third-order valence-corrected chi connectivity index (χ3v) is 16.0. The van der Waals surface area contributed by atoms with Gasteiger partial charge >= 0.3 is 0 Å². The summed E-state index contributed by atoms with van der Waals surface area (Å²) >= 11 is 28.4. The van der Waals surface area contributed by atoms with Crippen molar-refractivity contribution in [3.8, 4) is 11.1 Å². The van der Waals surface area contributed by atoms with Crippen molar-refractivity contribution in [1.29, 1.82) is 0 Å². The van der Waals surface area contributed by atoms with Crippen molar-refractivity contribution < 1.29 is 0 Å². The van der Waals surface area contributed by atoms with Crippen LogP contribution in [0.1, 0.15) is 0 Å². The molecule has 0 fully saturated rings. The van der Waals surface area contributed by atoms with Gasteiger partial charge in [-0.25, -0.2) is 0 Å². The highest BCUT2D eigenvalue weighted by molar-refractivity contribution is 7.81. The minimum absolute atomic E-state index is 0.713. The maximum atomic E-state index is 7.11. The highest BCUT2D eigenvalue weighted by atomic mass is 35.5. The summed E-state index contributed by atoms with van der Waals surface area (Å²) in [5, 5.41) is 14.0. The Bertz CT molecular complexity index is 2260. The van der Waals surface area contributed by atoms with Gasteiger partial charge in [0.1, 0.15) is 0 Å². The molecule has 0 aliphatic carbocycles. The molecule has 0 bridgehead atoms. The van der Waals surface area contributed by atoms with E-state index in [2.05, 4.69) is 121 Å². The fraction of sp³-hybridized carbons (Fsp3) is 0. The van der Waals surface area contributed by atoms with Crippen LogP contribution in [0.4, 0.5) is 0 Å². The molecule has 0 saturated heterocycles. The van der Waals surface area contributed by atoms with E-state index in [9.17, 15) is 0 Å². The first-order valence-corrected chi connectivity index (χ1v) is 20.3. The normalized spacial score (nSPS) is 11.6. The lowest BCUT2D eigenvalue weighted by Gasteiger charge is -2.29. The highest BCUT2D eigenvalue weighted by Crippen LogP contribution is 2.48. The Hall–Kier alpha value is -3.70. The Morgan fingerprint density at radius 2 is 0.540 bits per heavy atom. The Morgan fingerprint density at radius 3 is 0.860 bits per heavy atom. The van der Waals surface area contributed by atoms with Crippen LogP contribution in [0.5, 0.6) is 0 Å². The third-order valence-electron chi connectivity index (χ3n) is 8.92. The Labute approximate surface area is 314 Å². The second kappa shape index (κ2) is 14.5. The van der Waals surface area contributed by atoms with E-state index in [4.69, 9.17) is 46.4 Å². The molecular weight excluding hydrogens is 732 g/mol. The Morgan fingerprint density at radius 1 is 0.260 bits per heavy atom. The smallest absolute Gasteiger partial charge is 0.0489 e. The molecule has 0 nitrogen and oxygen atoms in total. The van der Waals surface area contributed by atoms with E-state index in [1.807, 2.05) is 48.5 Å². The van der Waals surface area contributed by atoms with Gasteiger partial charge < -0.3 is 0 Å².